The average Bonchev–Trinajstić information content (AvgIpc) is 2.68. The lowest BCUT2D eigenvalue weighted by atomic mass is 9.50. The Labute approximate surface area is 195 Å². The van der Waals surface area contributed by atoms with Gasteiger partial charge in [0, 0.05) is 45.3 Å². The Morgan fingerprint density at radius 2 is 1.25 bits per heavy atom. The number of methoxy groups -OCH3 is 2. The summed E-state index contributed by atoms with van der Waals surface area (Å²) in [6.45, 7) is 14.4. The van der Waals surface area contributed by atoms with Gasteiger partial charge in [0.15, 0.2) is 12.6 Å². The number of ether oxygens (including phenoxy) is 5. The van der Waals surface area contributed by atoms with Crippen molar-refractivity contribution < 1.29 is 28.5 Å². The lowest BCUT2D eigenvalue weighted by Crippen LogP contribution is -2.69. The molecule has 6 nitrogen and oxygen atoms in total. The fourth-order valence-electron chi connectivity index (χ4n) is 6.44. The van der Waals surface area contributed by atoms with Crippen molar-refractivity contribution in [3.63, 3.8) is 0 Å². The highest BCUT2D eigenvalue weighted by Gasteiger charge is 2.67. The van der Waals surface area contributed by atoms with Crippen molar-refractivity contribution in [3.8, 4) is 0 Å². The molecule has 0 aromatic rings. The molecule has 0 amide bonds. The Morgan fingerprint density at radius 1 is 0.844 bits per heavy atom. The zero-order valence-electron chi connectivity index (χ0n) is 21.8. The van der Waals surface area contributed by atoms with E-state index in [2.05, 4.69) is 27.7 Å². The van der Waals surface area contributed by atoms with E-state index in [-0.39, 0.29) is 30.4 Å². The van der Waals surface area contributed by atoms with E-state index in [0.717, 1.165) is 32.1 Å². The molecule has 0 saturated heterocycles. The van der Waals surface area contributed by atoms with Gasteiger partial charge in [-0.3, -0.25) is 4.79 Å². The van der Waals surface area contributed by atoms with Crippen LogP contribution in [0.25, 0.3) is 0 Å². The third-order valence-electron chi connectivity index (χ3n) is 7.95. The highest BCUT2D eigenvalue weighted by atomic mass is 16.7. The van der Waals surface area contributed by atoms with E-state index in [1.54, 1.807) is 14.2 Å². The summed E-state index contributed by atoms with van der Waals surface area (Å²) in [5, 5.41) is 0. The van der Waals surface area contributed by atoms with Crippen molar-refractivity contribution in [2.45, 2.75) is 123 Å². The molecule has 0 N–H and O–H groups in total. The summed E-state index contributed by atoms with van der Waals surface area (Å²) in [6, 6.07) is 0. The van der Waals surface area contributed by atoms with Gasteiger partial charge in [-0.2, -0.15) is 0 Å². The fraction of sp³-hybridized carbons (Fsp3) is 0.962. The van der Waals surface area contributed by atoms with Crippen LogP contribution in [0.4, 0.5) is 0 Å². The van der Waals surface area contributed by atoms with Gasteiger partial charge in [-0.15, -0.1) is 0 Å². The van der Waals surface area contributed by atoms with Crippen molar-refractivity contribution in [2.24, 2.45) is 23.2 Å². The van der Waals surface area contributed by atoms with Gasteiger partial charge in [0.2, 0.25) is 0 Å². The molecule has 4 bridgehead atoms. The SMILES string of the molecule is CCC(C)(C)C(=O)OC12CC3CC(OC(OC)C(C)C)(C1)CC(OC(OC)C(C)C)(C3)C2. The number of rotatable bonds is 11. The van der Waals surface area contributed by atoms with Gasteiger partial charge in [-0.1, -0.05) is 34.6 Å². The average molecular weight is 455 g/mol. The number of hydrogen-bond donors (Lipinski definition) is 0. The van der Waals surface area contributed by atoms with Crippen LogP contribution in [0, 0.1) is 23.2 Å². The molecule has 4 saturated carbocycles. The maximum absolute atomic E-state index is 13.2. The molecule has 4 atom stereocenters. The van der Waals surface area contributed by atoms with E-state index in [0.29, 0.717) is 18.8 Å². The molecule has 0 aliphatic heterocycles. The summed E-state index contributed by atoms with van der Waals surface area (Å²) >= 11 is 0. The molecule has 4 aliphatic rings. The Hall–Kier alpha value is -0.690. The summed E-state index contributed by atoms with van der Waals surface area (Å²) in [4.78, 5) is 13.2. The summed E-state index contributed by atoms with van der Waals surface area (Å²) in [7, 11) is 3.41. The predicted molar refractivity (Wildman–Crippen MR) is 123 cm³/mol. The minimum Gasteiger partial charge on any atom is -0.458 e. The summed E-state index contributed by atoms with van der Waals surface area (Å²) in [5.41, 5.74) is -1.91. The number of hydrogen-bond acceptors (Lipinski definition) is 6. The molecule has 0 aromatic carbocycles. The molecule has 4 fully saturated rings. The Bertz CT molecular complexity index is 637. The van der Waals surface area contributed by atoms with Crippen LogP contribution >= 0.6 is 0 Å². The Balaban J connectivity index is 1.96. The normalized spacial score (nSPS) is 36.0. The van der Waals surface area contributed by atoms with E-state index in [4.69, 9.17) is 23.7 Å². The van der Waals surface area contributed by atoms with Gasteiger partial charge in [0.25, 0.3) is 0 Å². The largest absolute Gasteiger partial charge is 0.458 e. The van der Waals surface area contributed by atoms with E-state index in [1.807, 2.05) is 20.8 Å². The lowest BCUT2D eigenvalue weighted by molar-refractivity contribution is -0.343. The van der Waals surface area contributed by atoms with Crippen LogP contribution < -0.4 is 0 Å². The van der Waals surface area contributed by atoms with Crippen LogP contribution in [-0.2, 0) is 28.5 Å². The maximum Gasteiger partial charge on any atom is 0.312 e. The molecular weight excluding hydrogens is 408 g/mol. The topological polar surface area (TPSA) is 63.2 Å². The zero-order chi connectivity index (χ0) is 23.9. The molecule has 0 radical (unpaired) electrons. The van der Waals surface area contributed by atoms with Gasteiger partial charge >= 0.3 is 5.97 Å². The van der Waals surface area contributed by atoms with Crippen molar-refractivity contribution in [1.82, 2.24) is 0 Å². The number of esters is 1. The van der Waals surface area contributed by atoms with Gasteiger partial charge in [-0.05, 0) is 45.4 Å². The monoisotopic (exact) mass is 454 g/mol. The molecule has 0 heterocycles. The number of carbonyl (C=O) groups excluding carboxylic acids is 1. The predicted octanol–water partition coefficient (Wildman–Crippen LogP) is 5.47. The molecule has 0 spiro atoms. The summed E-state index contributed by atoms with van der Waals surface area (Å²) < 4.78 is 31.3. The van der Waals surface area contributed by atoms with E-state index < -0.39 is 22.2 Å². The van der Waals surface area contributed by atoms with E-state index in [1.165, 1.54) is 0 Å². The molecule has 4 unspecified atom stereocenters. The van der Waals surface area contributed by atoms with E-state index in [9.17, 15) is 4.79 Å². The number of carbonyl (C=O) groups is 1. The smallest absolute Gasteiger partial charge is 0.312 e. The highest BCUT2D eigenvalue weighted by molar-refractivity contribution is 5.76. The molecule has 4 rings (SSSR count). The first kappa shape index (κ1) is 25.9. The van der Waals surface area contributed by atoms with Gasteiger partial charge < -0.3 is 23.7 Å². The molecule has 32 heavy (non-hydrogen) atoms. The zero-order valence-corrected chi connectivity index (χ0v) is 21.8. The minimum atomic E-state index is -0.562. The molecule has 6 heteroatoms. The standard InChI is InChI=1S/C26H46O6/c1-10-23(6,7)22(27)32-26-13-19-11-24(15-26,30-20(28-8)17(2)3)14-25(12-19,16-26)31-21(29-9)18(4)5/h17-21H,10-16H2,1-9H3. The van der Waals surface area contributed by atoms with Crippen LogP contribution in [0.5, 0.6) is 0 Å². The van der Waals surface area contributed by atoms with Crippen molar-refractivity contribution >= 4 is 5.97 Å². The van der Waals surface area contributed by atoms with Crippen LogP contribution in [0.3, 0.4) is 0 Å². The van der Waals surface area contributed by atoms with Gasteiger partial charge in [-0.25, -0.2) is 0 Å². The van der Waals surface area contributed by atoms with E-state index >= 15 is 0 Å². The van der Waals surface area contributed by atoms with Crippen LogP contribution in [0.15, 0.2) is 0 Å². The van der Waals surface area contributed by atoms with Crippen molar-refractivity contribution in [2.75, 3.05) is 14.2 Å². The first-order valence-electron chi connectivity index (χ1n) is 12.5. The summed E-state index contributed by atoms with van der Waals surface area (Å²) in [6.07, 6.45) is 5.14. The molecule has 4 aliphatic carbocycles. The lowest BCUT2D eigenvalue weighted by Gasteiger charge is -2.65. The first-order valence-corrected chi connectivity index (χ1v) is 12.5. The Morgan fingerprint density at radius 3 is 1.62 bits per heavy atom. The highest BCUT2D eigenvalue weighted by Crippen LogP contribution is 2.64. The molecule has 0 aromatic heterocycles. The third-order valence-corrected chi connectivity index (χ3v) is 7.95. The van der Waals surface area contributed by atoms with Crippen molar-refractivity contribution in [1.29, 1.82) is 0 Å². The second-order valence-electron chi connectivity index (χ2n) is 12.1. The fourth-order valence-corrected chi connectivity index (χ4v) is 6.44. The second-order valence-corrected chi connectivity index (χ2v) is 12.1. The molecular formula is C26H46O6. The van der Waals surface area contributed by atoms with Gasteiger partial charge in [0.1, 0.15) is 5.60 Å². The van der Waals surface area contributed by atoms with Gasteiger partial charge in [0.05, 0.1) is 16.6 Å². The van der Waals surface area contributed by atoms with Crippen LogP contribution in [0.2, 0.25) is 0 Å². The van der Waals surface area contributed by atoms with Crippen LogP contribution in [-0.4, -0.2) is 49.6 Å². The quantitative estimate of drug-likeness (QED) is 0.305. The Kier molecular flexibility index (Phi) is 7.42. The first-order chi connectivity index (χ1) is 14.8. The summed E-state index contributed by atoms with van der Waals surface area (Å²) in [5.74, 6) is 0.722. The third kappa shape index (κ3) is 5.03. The van der Waals surface area contributed by atoms with Crippen molar-refractivity contribution in [3.05, 3.63) is 0 Å². The van der Waals surface area contributed by atoms with Crippen LogP contribution in [0.1, 0.15) is 93.4 Å². The molecule has 186 valence electrons. The second kappa shape index (κ2) is 9.16. The minimum absolute atomic E-state index is 0.119. The maximum atomic E-state index is 13.2.